The van der Waals surface area contributed by atoms with Crippen LogP contribution in [0.25, 0.3) is 22.4 Å². The number of benzene rings is 1. The molecular weight excluding hydrogens is 468 g/mol. The highest BCUT2D eigenvalue weighted by molar-refractivity contribution is 7.99. The van der Waals surface area contributed by atoms with Gasteiger partial charge in [0.25, 0.3) is 0 Å². The quantitative estimate of drug-likeness (QED) is 0.330. The number of amides is 1. The van der Waals surface area contributed by atoms with E-state index < -0.39 is 5.41 Å². The lowest BCUT2D eigenvalue weighted by molar-refractivity contribution is -0.128. The number of aromatic amines is 1. The number of nitrogens with zero attached hydrogens (tertiary/aromatic N) is 5. The predicted octanol–water partition coefficient (Wildman–Crippen LogP) is 3.23. The van der Waals surface area contributed by atoms with Crippen LogP contribution < -0.4 is 20.5 Å². The molecule has 0 atom stereocenters. The summed E-state index contributed by atoms with van der Waals surface area (Å²) in [7, 11) is 0. The first-order valence-corrected chi connectivity index (χ1v) is 12.0. The van der Waals surface area contributed by atoms with E-state index >= 15 is 0 Å². The Hall–Kier alpha value is -3.80. The minimum absolute atomic E-state index is 0.0127. The zero-order valence-electron chi connectivity index (χ0n) is 19.7. The van der Waals surface area contributed by atoms with Crippen molar-refractivity contribution in [3.05, 3.63) is 30.7 Å². The van der Waals surface area contributed by atoms with E-state index in [9.17, 15) is 4.79 Å². The summed E-state index contributed by atoms with van der Waals surface area (Å²) in [6, 6.07) is 5.76. The number of nitrogen functional groups attached to an aromatic ring is 1. The van der Waals surface area contributed by atoms with Crippen LogP contribution in [0.3, 0.4) is 0 Å². The molecule has 182 valence electrons. The lowest BCUT2D eigenvalue weighted by Gasteiger charge is -2.17. The first kappa shape index (κ1) is 23.0. The van der Waals surface area contributed by atoms with Gasteiger partial charge < -0.3 is 25.1 Å². The molecule has 5 rings (SSSR count). The van der Waals surface area contributed by atoms with Crippen LogP contribution >= 0.6 is 11.8 Å². The Labute approximate surface area is 205 Å². The van der Waals surface area contributed by atoms with Crippen molar-refractivity contribution in [2.45, 2.75) is 43.8 Å². The highest BCUT2D eigenvalue weighted by Gasteiger charge is 2.23. The van der Waals surface area contributed by atoms with Crippen molar-refractivity contribution in [3.8, 4) is 22.8 Å². The number of imidazole rings is 1. The average Bonchev–Trinajstić information content (AvgIpc) is 3.56. The van der Waals surface area contributed by atoms with Gasteiger partial charge >= 0.3 is 0 Å². The van der Waals surface area contributed by atoms with Crippen molar-refractivity contribution in [3.63, 3.8) is 0 Å². The van der Waals surface area contributed by atoms with E-state index in [1.165, 1.54) is 18.1 Å². The fraction of sp³-hybridized carbons (Fsp3) is 0.348. The summed E-state index contributed by atoms with van der Waals surface area (Å²) in [6.45, 7) is 6.97. The molecule has 0 fully saturated rings. The monoisotopic (exact) mass is 494 g/mol. The van der Waals surface area contributed by atoms with Crippen molar-refractivity contribution in [2.75, 3.05) is 19.1 Å². The SMILES string of the molecule is CC(C)(C)C(=O)NCCCn1c(Sc2cc3c(cc2-c2ccn[nH]2)OCO3)nc2c(N)ncnc21. The average molecular weight is 495 g/mol. The molecule has 0 bridgehead atoms. The summed E-state index contributed by atoms with van der Waals surface area (Å²) < 4.78 is 13.2. The van der Waals surface area contributed by atoms with Gasteiger partial charge in [-0.2, -0.15) is 5.10 Å². The number of aromatic nitrogens is 6. The van der Waals surface area contributed by atoms with Gasteiger partial charge in [0, 0.05) is 35.2 Å². The molecule has 12 heteroatoms. The summed E-state index contributed by atoms with van der Waals surface area (Å²) in [5.74, 6) is 1.68. The number of rotatable bonds is 7. The first-order chi connectivity index (χ1) is 16.8. The minimum Gasteiger partial charge on any atom is -0.454 e. The molecule has 0 saturated carbocycles. The fourth-order valence-electron chi connectivity index (χ4n) is 3.64. The Morgan fingerprint density at radius 2 is 2.06 bits per heavy atom. The van der Waals surface area contributed by atoms with E-state index in [0.29, 0.717) is 53.1 Å². The molecule has 1 aromatic carbocycles. The lowest BCUT2D eigenvalue weighted by Crippen LogP contribution is -2.35. The highest BCUT2D eigenvalue weighted by Crippen LogP contribution is 2.44. The molecule has 0 spiro atoms. The number of carbonyl (C=O) groups is 1. The molecule has 0 radical (unpaired) electrons. The van der Waals surface area contributed by atoms with Gasteiger partial charge in [0.15, 0.2) is 33.6 Å². The van der Waals surface area contributed by atoms with Gasteiger partial charge in [-0.25, -0.2) is 15.0 Å². The molecule has 1 aliphatic heterocycles. The lowest BCUT2D eigenvalue weighted by atomic mass is 9.96. The number of aryl methyl sites for hydroxylation is 1. The van der Waals surface area contributed by atoms with Crippen molar-refractivity contribution in [1.82, 2.24) is 35.0 Å². The van der Waals surface area contributed by atoms with Crippen LogP contribution in [0.15, 0.2) is 40.8 Å². The van der Waals surface area contributed by atoms with Crippen LogP contribution in [-0.2, 0) is 11.3 Å². The molecule has 4 aromatic rings. The second-order valence-electron chi connectivity index (χ2n) is 9.11. The molecule has 0 saturated heterocycles. The molecule has 11 nitrogen and oxygen atoms in total. The van der Waals surface area contributed by atoms with Crippen LogP contribution in [-0.4, -0.2) is 49.0 Å². The van der Waals surface area contributed by atoms with Crippen molar-refractivity contribution in [1.29, 1.82) is 0 Å². The molecule has 3 aromatic heterocycles. The molecule has 1 amide bonds. The number of fused-ring (bicyclic) bond motifs is 2. The summed E-state index contributed by atoms with van der Waals surface area (Å²) in [6.07, 6.45) is 3.83. The van der Waals surface area contributed by atoms with Gasteiger partial charge in [0.2, 0.25) is 12.7 Å². The third-order valence-electron chi connectivity index (χ3n) is 5.52. The number of hydrogen-bond donors (Lipinski definition) is 3. The van der Waals surface area contributed by atoms with Gasteiger partial charge in [-0.05, 0) is 24.6 Å². The number of nitrogens with two attached hydrogens (primary N) is 1. The number of hydrogen-bond acceptors (Lipinski definition) is 9. The maximum absolute atomic E-state index is 12.2. The Balaban J connectivity index is 1.47. The van der Waals surface area contributed by atoms with Crippen LogP contribution in [0.4, 0.5) is 5.82 Å². The standard InChI is InChI=1S/C23H26N8O3S/c1-23(2,3)21(32)25-6-4-8-31-20-18(19(24)26-11-27-20)29-22(31)35-17-10-16-15(33-12-34-16)9-13(17)14-5-7-28-30-14/h5,7,9-11H,4,6,8,12H2,1-3H3,(H,25,32)(H,28,30)(H2,24,26,27). The summed E-state index contributed by atoms with van der Waals surface area (Å²) >= 11 is 1.47. The number of H-pyrrole nitrogens is 1. The van der Waals surface area contributed by atoms with Crippen molar-refractivity contribution in [2.24, 2.45) is 5.41 Å². The van der Waals surface area contributed by atoms with E-state index in [4.69, 9.17) is 20.2 Å². The Bertz CT molecular complexity index is 1380. The van der Waals surface area contributed by atoms with Gasteiger partial charge in [0.1, 0.15) is 6.33 Å². The molecule has 4 heterocycles. The summed E-state index contributed by atoms with van der Waals surface area (Å²) in [4.78, 5) is 26.4. The maximum Gasteiger partial charge on any atom is 0.231 e. The van der Waals surface area contributed by atoms with Crippen LogP contribution in [0, 0.1) is 5.41 Å². The van der Waals surface area contributed by atoms with E-state index in [1.807, 2.05) is 43.5 Å². The predicted molar refractivity (Wildman–Crippen MR) is 131 cm³/mol. The zero-order chi connectivity index (χ0) is 24.6. The van der Waals surface area contributed by atoms with Gasteiger partial charge in [-0.3, -0.25) is 9.89 Å². The minimum atomic E-state index is -0.438. The van der Waals surface area contributed by atoms with Crippen molar-refractivity contribution >= 4 is 34.7 Å². The smallest absolute Gasteiger partial charge is 0.231 e. The van der Waals surface area contributed by atoms with Crippen LogP contribution in [0.5, 0.6) is 11.5 Å². The number of carbonyl (C=O) groups excluding carboxylic acids is 1. The van der Waals surface area contributed by atoms with E-state index in [2.05, 4.69) is 25.5 Å². The Morgan fingerprint density at radius 3 is 2.80 bits per heavy atom. The number of anilines is 1. The molecule has 35 heavy (non-hydrogen) atoms. The largest absolute Gasteiger partial charge is 0.454 e. The maximum atomic E-state index is 12.2. The Morgan fingerprint density at radius 1 is 1.26 bits per heavy atom. The highest BCUT2D eigenvalue weighted by atomic mass is 32.2. The van der Waals surface area contributed by atoms with Gasteiger partial charge in [-0.1, -0.05) is 32.5 Å². The number of nitrogens with one attached hydrogen (secondary N) is 2. The topological polar surface area (TPSA) is 146 Å². The van der Waals surface area contributed by atoms with Crippen LogP contribution in [0.2, 0.25) is 0 Å². The molecule has 4 N–H and O–H groups in total. The first-order valence-electron chi connectivity index (χ1n) is 11.2. The zero-order valence-corrected chi connectivity index (χ0v) is 20.5. The third-order valence-corrected chi connectivity index (χ3v) is 6.57. The van der Waals surface area contributed by atoms with E-state index in [-0.39, 0.29) is 12.7 Å². The third kappa shape index (κ3) is 4.61. The number of ether oxygens (including phenoxy) is 2. The van der Waals surface area contributed by atoms with E-state index in [0.717, 1.165) is 16.2 Å². The van der Waals surface area contributed by atoms with Gasteiger partial charge in [-0.15, -0.1) is 0 Å². The summed E-state index contributed by atoms with van der Waals surface area (Å²) in [5.41, 5.74) is 8.61. The second-order valence-corrected chi connectivity index (χ2v) is 10.1. The Kier molecular flexibility index (Phi) is 5.97. The van der Waals surface area contributed by atoms with Crippen LogP contribution in [0.1, 0.15) is 27.2 Å². The van der Waals surface area contributed by atoms with Gasteiger partial charge in [0.05, 0.1) is 5.69 Å². The molecule has 0 aliphatic carbocycles. The molecule has 0 unspecified atom stereocenters. The second kappa shape index (κ2) is 9.10. The van der Waals surface area contributed by atoms with E-state index in [1.54, 1.807) is 6.20 Å². The molecule has 1 aliphatic rings. The fourth-order valence-corrected chi connectivity index (χ4v) is 4.71. The van der Waals surface area contributed by atoms with Crippen molar-refractivity contribution < 1.29 is 14.3 Å². The molecular formula is C23H26N8O3S. The normalized spacial score (nSPS) is 12.9. The summed E-state index contributed by atoms with van der Waals surface area (Å²) in [5, 5.41) is 10.8.